The highest BCUT2D eigenvalue weighted by molar-refractivity contribution is 6.30. The van der Waals surface area contributed by atoms with Crippen LogP contribution in [0.1, 0.15) is 39.2 Å². The Morgan fingerprint density at radius 2 is 1.68 bits per heavy atom. The van der Waals surface area contributed by atoms with Gasteiger partial charge in [0.25, 0.3) is 0 Å². The van der Waals surface area contributed by atoms with Crippen molar-refractivity contribution in [3.63, 3.8) is 0 Å². The number of likely N-dealkylation sites (N-methyl/N-ethyl adjacent to an activating group) is 1. The molecule has 0 heterocycles. The zero-order chi connectivity index (χ0) is 14.6. The Hall–Kier alpha value is -0.790. The Balaban J connectivity index is 2.98. The second-order valence-electron chi connectivity index (χ2n) is 5.87. The third kappa shape index (κ3) is 4.67. The molecule has 0 fully saturated rings. The smallest absolute Gasteiger partial charge is 0.0406 e. The van der Waals surface area contributed by atoms with Crippen molar-refractivity contribution in [2.24, 2.45) is 5.92 Å². The van der Waals surface area contributed by atoms with Gasteiger partial charge in [-0.05, 0) is 44.5 Å². The minimum atomic E-state index is 0.365. The van der Waals surface area contributed by atoms with E-state index >= 15 is 0 Å². The first-order valence-corrected chi connectivity index (χ1v) is 7.35. The molecule has 19 heavy (non-hydrogen) atoms. The SMILES string of the molecule is C=C(C(C)C)[C@H](CN(C)C(C)C)c1ccc(Cl)cc1. The van der Waals surface area contributed by atoms with Crippen molar-refractivity contribution in [2.75, 3.05) is 13.6 Å². The molecule has 0 amide bonds. The van der Waals surface area contributed by atoms with Crippen LogP contribution in [0.2, 0.25) is 5.02 Å². The monoisotopic (exact) mass is 279 g/mol. The standard InChI is InChI=1S/C17H26ClN/c1-12(2)14(5)17(11-19(6)13(3)4)15-7-9-16(18)10-8-15/h7-10,12-13,17H,5,11H2,1-4,6H3/t17-/m0/s1. The third-order valence-electron chi connectivity index (χ3n) is 3.81. The van der Waals surface area contributed by atoms with E-state index in [-0.39, 0.29) is 0 Å². The Bertz CT molecular complexity index is 406. The Morgan fingerprint density at radius 1 is 1.16 bits per heavy atom. The average Bonchev–Trinajstić information content (AvgIpc) is 2.35. The van der Waals surface area contributed by atoms with E-state index in [4.69, 9.17) is 11.6 Å². The molecule has 0 radical (unpaired) electrons. The zero-order valence-electron chi connectivity index (χ0n) is 12.8. The van der Waals surface area contributed by atoms with E-state index in [0.29, 0.717) is 17.9 Å². The van der Waals surface area contributed by atoms with Gasteiger partial charge in [0.15, 0.2) is 0 Å². The van der Waals surface area contributed by atoms with Crippen LogP contribution < -0.4 is 0 Å². The van der Waals surface area contributed by atoms with Crippen molar-refractivity contribution in [1.29, 1.82) is 0 Å². The highest BCUT2D eigenvalue weighted by Crippen LogP contribution is 2.30. The predicted octanol–water partition coefficient (Wildman–Crippen LogP) is 4.98. The van der Waals surface area contributed by atoms with E-state index in [1.54, 1.807) is 0 Å². The maximum atomic E-state index is 5.98. The maximum Gasteiger partial charge on any atom is 0.0406 e. The summed E-state index contributed by atoms with van der Waals surface area (Å²) >= 11 is 5.98. The number of hydrogen-bond acceptors (Lipinski definition) is 1. The van der Waals surface area contributed by atoms with E-state index in [1.165, 1.54) is 11.1 Å². The summed E-state index contributed by atoms with van der Waals surface area (Å²) in [6, 6.07) is 8.71. The van der Waals surface area contributed by atoms with Gasteiger partial charge in [-0.2, -0.15) is 0 Å². The number of hydrogen-bond donors (Lipinski definition) is 0. The van der Waals surface area contributed by atoms with Gasteiger partial charge in [-0.25, -0.2) is 0 Å². The highest BCUT2D eigenvalue weighted by Gasteiger charge is 2.20. The fourth-order valence-electron chi connectivity index (χ4n) is 2.03. The van der Waals surface area contributed by atoms with Crippen LogP contribution in [0.4, 0.5) is 0 Å². The maximum absolute atomic E-state index is 5.98. The zero-order valence-corrected chi connectivity index (χ0v) is 13.5. The molecule has 1 rings (SSSR count). The summed E-state index contributed by atoms with van der Waals surface area (Å²) in [4.78, 5) is 2.37. The van der Waals surface area contributed by atoms with E-state index in [0.717, 1.165) is 11.6 Å². The van der Waals surface area contributed by atoms with Crippen molar-refractivity contribution >= 4 is 11.6 Å². The van der Waals surface area contributed by atoms with E-state index < -0.39 is 0 Å². The van der Waals surface area contributed by atoms with Gasteiger partial charge in [0.1, 0.15) is 0 Å². The summed E-state index contributed by atoms with van der Waals surface area (Å²) in [6.45, 7) is 14.2. The quantitative estimate of drug-likeness (QED) is 0.664. The molecule has 1 aromatic rings. The molecule has 106 valence electrons. The second-order valence-corrected chi connectivity index (χ2v) is 6.30. The molecule has 0 bridgehead atoms. The molecule has 1 aromatic carbocycles. The van der Waals surface area contributed by atoms with E-state index in [1.807, 2.05) is 12.1 Å². The lowest BCUT2D eigenvalue weighted by molar-refractivity contribution is 0.262. The third-order valence-corrected chi connectivity index (χ3v) is 4.07. The lowest BCUT2D eigenvalue weighted by Crippen LogP contribution is -2.32. The molecule has 0 spiro atoms. The minimum Gasteiger partial charge on any atom is -0.303 e. The molecule has 0 saturated heterocycles. The summed E-state index contributed by atoms with van der Waals surface area (Å²) in [5, 5.41) is 0.787. The van der Waals surface area contributed by atoms with Crippen LogP contribution in [0.5, 0.6) is 0 Å². The first-order valence-electron chi connectivity index (χ1n) is 6.97. The van der Waals surface area contributed by atoms with Gasteiger partial charge >= 0.3 is 0 Å². The van der Waals surface area contributed by atoms with Gasteiger partial charge in [-0.15, -0.1) is 0 Å². The van der Waals surface area contributed by atoms with Crippen LogP contribution in [0.15, 0.2) is 36.4 Å². The molecule has 2 heteroatoms. The van der Waals surface area contributed by atoms with Gasteiger partial charge in [0.05, 0.1) is 0 Å². The van der Waals surface area contributed by atoms with Crippen LogP contribution in [0.25, 0.3) is 0 Å². The van der Waals surface area contributed by atoms with Gasteiger partial charge in [-0.3, -0.25) is 0 Å². The van der Waals surface area contributed by atoms with E-state index in [2.05, 4.69) is 58.4 Å². The number of halogens is 1. The fraction of sp³-hybridized carbons (Fsp3) is 0.529. The largest absolute Gasteiger partial charge is 0.303 e. The van der Waals surface area contributed by atoms with Gasteiger partial charge < -0.3 is 4.90 Å². The van der Waals surface area contributed by atoms with Crippen LogP contribution in [-0.4, -0.2) is 24.5 Å². The average molecular weight is 280 g/mol. The van der Waals surface area contributed by atoms with Crippen LogP contribution in [-0.2, 0) is 0 Å². The molecule has 0 N–H and O–H groups in total. The van der Waals surface area contributed by atoms with Crippen LogP contribution >= 0.6 is 11.6 Å². The Labute approximate surface area is 123 Å². The van der Waals surface area contributed by atoms with Crippen molar-refractivity contribution in [1.82, 2.24) is 4.90 Å². The molecular weight excluding hydrogens is 254 g/mol. The topological polar surface area (TPSA) is 3.24 Å². The normalized spacial score (nSPS) is 13.3. The lowest BCUT2D eigenvalue weighted by Gasteiger charge is -2.30. The van der Waals surface area contributed by atoms with Crippen molar-refractivity contribution < 1.29 is 0 Å². The van der Waals surface area contributed by atoms with Crippen molar-refractivity contribution in [2.45, 2.75) is 39.7 Å². The van der Waals surface area contributed by atoms with Crippen molar-refractivity contribution in [3.8, 4) is 0 Å². The predicted molar refractivity (Wildman–Crippen MR) is 85.9 cm³/mol. The summed E-state index contributed by atoms with van der Waals surface area (Å²) in [6.07, 6.45) is 0. The lowest BCUT2D eigenvalue weighted by atomic mass is 9.85. The van der Waals surface area contributed by atoms with Crippen molar-refractivity contribution in [3.05, 3.63) is 47.0 Å². The van der Waals surface area contributed by atoms with Crippen LogP contribution in [0, 0.1) is 5.92 Å². The minimum absolute atomic E-state index is 0.365. The molecule has 0 saturated carbocycles. The fourth-order valence-corrected chi connectivity index (χ4v) is 2.16. The molecule has 1 atom stereocenters. The molecule has 0 aliphatic carbocycles. The van der Waals surface area contributed by atoms with Crippen LogP contribution in [0.3, 0.4) is 0 Å². The van der Waals surface area contributed by atoms with Gasteiger partial charge in [-0.1, -0.05) is 49.7 Å². The number of benzene rings is 1. The molecule has 0 aromatic heterocycles. The second kappa shape index (κ2) is 7.12. The summed E-state index contributed by atoms with van der Waals surface area (Å²) < 4.78 is 0. The summed E-state index contributed by atoms with van der Waals surface area (Å²) in [5.74, 6) is 0.853. The Kier molecular flexibility index (Phi) is 6.09. The number of nitrogens with zero attached hydrogens (tertiary/aromatic N) is 1. The Morgan fingerprint density at radius 3 is 2.11 bits per heavy atom. The number of rotatable bonds is 6. The van der Waals surface area contributed by atoms with Gasteiger partial charge in [0, 0.05) is 23.5 Å². The van der Waals surface area contributed by atoms with E-state index in [9.17, 15) is 0 Å². The highest BCUT2D eigenvalue weighted by atomic mass is 35.5. The summed E-state index contributed by atoms with van der Waals surface area (Å²) in [7, 11) is 2.17. The molecule has 0 aliphatic rings. The first kappa shape index (κ1) is 16.3. The summed E-state index contributed by atoms with van der Waals surface area (Å²) in [5.41, 5.74) is 2.59. The molecule has 0 unspecified atom stereocenters. The van der Waals surface area contributed by atoms with Gasteiger partial charge in [0.2, 0.25) is 0 Å². The molecule has 0 aliphatic heterocycles. The first-order chi connectivity index (χ1) is 8.82. The molecular formula is C17H26ClN. The molecule has 1 nitrogen and oxygen atoms in total.